The molecule has 1 saturated heterocycles. The van der Waals surface area contributed by atoms with Crippen molar-refractivity contribution in [1.29, 1.82) is 0 Å². The van der Waals surface area contributed by atoms with E-state index in [-0.39, 0.29) is 23.5 Å². The number of nitrogens with one attached hydrogen (secondary N) is 1. The monoisotopic (exact) mass is 285 g/mol. The predicted molar refractivity (Wildman–Crippen MR) is 73.7 cm³/mol. The van der Waals surface area contributed by atoms with E-state index in [1.165, 1.54) is 18.2 Å². The van der Waals surface area contributed by atoms with Gasteiger partial charge in [-0.15, -0.1) is 0 Å². The molecule has 1 aromatic rings. The number of anilines is 1. The second-order valence-electron chi connectivity index (χ2n) is 4.67. The first-order valence-electron chi connectivity index (χ1n) is 6.29. The molecule has 1 aliphatic heterocycles. The Morgan fingerprint density at radius 3 is 3.05 bits per heavy atom. The molecule has 2 rings (SSSR count). The first-order chi connectivity index (χ1) is 9.10. The van der Waals surface area contributed by atoms with E-state index >= 15 is 0 Å². The van der Waals surface area contributed by atoms with E-state index < -0.39 is 5.82 Å². The first kappa shape index (κ1) is 14.2. The molecule has 0 radical (unpaired) electrons. The largest absolute Gasteiger partial charge is 0.329 e. The van der Waals surface area contributed by atoms with Crippen LogP contribution in [0.5, 0.6) is 0 Å². The summed E-state index contributed by atoms with van der Waals surface area (Å²) in [4.78, 5) is 14.0. The van der Waals surface area contributed by atoms with Gasteiger partial charge in [-0.1, -0.05) is 11.6 Å². The highest BCUT2D eigenvalue weighted by atomic mass is 35.5. The van der Waals surface area contributed by atoms with Crippen LogP contribution in [0.1, 0.15) is 12.8 Å². The van der Waals surface area contributed by atoms with Gasteiger partial charge in [-0.2, -0.15) is 0 Å². The van der Waals surface area contributed by atoms with E-state index in [9.17, 15) is 9.18 Å². The van der Waals surface area contributed by atoms with Crippen LogP contribution in [0.25, 0.3) is 0 Å². The second kappa shape index (κ2) is 6.32. The number of benzene rings is 1. The quantitative estimate of drug-likeness (QED) is 0.887. The van der Waals surface area contributed by atoms with E-state index in [1.54, 1.807) is 0 Å². The number of amides is 1. The molecule has 1 aromatic carbocycles. The lowest BCUT2D eigenvalue weighted by molar-refractivity contribution is -0.117. The van der Waals surface area contributed by atoms with Gasteiger partial charge < -0.3 is 11.1 Å². The van der Waals surface area contributed by atoms with Gasteiger partial charge in [0.2, 0.25) is 5.91 Å². The molecule has 1 atom stereocenters. The Morgan fingerprint density at radius 2 is 2.37 bits per heavy atom. The van der Waals surface area contributed by atoms with Gasteiger partial charge in [0.1, 0.15) is 5.82 Å². The van der Waals surface area contributed by atoms with Gasteiger partial charge >= 0.3 is 0 Å². The fourth-order valence-electron chi connectivity index (χ4n) is 2.34. The maximum Gasteiger partial charge on any atom is 0.238 e. The van der Waals surface area contributed by atoms with Gasteiger partial charge in [0.25, 0.3) is 0 Å². The highest BCUT2D eigenvalue weighted by Gasteiger charge is 2.24. The van der Waals surface area contributed by atoms with Crippen LogP contribution in [0.15, 0.2) is 18.2 Å². The molecule has 1 unspecified atom stereocenters. The molecule has 0 bridgehead atoms. The Kier molecular flexibility index (Phi) is 4.74. The van der Waals surface area contributed by atoms with Gasteiger partial charge in [-0.25, -0.2) is 4.39 Å². The van der Waals surface area contributed by atoms with Crippen molar-refractivity contribution in [2.75, 3.05) is 25.0 Å². The van der Waals surface area contributed by atoms with Crippen molar-refractivity contribution >= 4 is 23.2 Å². The predicted octanol–water partition coefficient (Wildman–Crippen LogP) is 1.84. The highest BCUT2D eigenvalue weighted by molar-refractivity contribution is 6.33. The van der Waals surface area contributed by atoms with Gasteiger partial charge in [-0.05, 0) is 37.6 Å². The number of likely N-dealkylation sites (tertiary alicyclic amines) is 1. The molecule has 6 heteroatoms. The average molecular weight is 286 g/mol. The van der Waals surface area contributed by atoms with Crippen LogP contribution in [0.2, 0.25) is 5.02 Å². The molecule has 0 aliphatic carbocycles. The SMILES string of the molecule is NCC1CCCN1CC(=O)Nc1ccc(F)cc1Cl. The van der Waals surface area contributed by atoms with E-state index in [0.717, 1.165) is 19.4 Å². The van der Waals surface area contributed by atoms with E-state index in [4.69, 9.17) is 17.3 Å². The lowest BCUT2D eigenvalue weighted by atomic mass is 10.2. The molecule has 4 nitrogen and oxygen atoms in total. The van der Waals surface area contributed by atoms with Crippen LogP contribution in [0.3, 0.4) is 0 Å². The number of hydrogen-bond acceptors (Lipinski definition) is 3. The van der Waals surface area contributed by atoms with Crippen LogP contribution in [-0.2, 0) is 4.79 Å². The minimum atomic E-state index is -0.425. The maximum atomic E-state index is 12.9. The maximum absolute atomic E-state index is 12.9. The summed E-state index contributed by atoms with van der Waals surface area (Å²) < 4.78 is 12.9. The molecule has 1 heterocycles. The zero-order chi connectivity index (χ0) is 13.8. The Labute approximate surface area is 116 Å². The number of carbonyl (C=O) groups excluding carboxylic acids is 1. The Balaban J connectivity index is 1.94. The van der Waals surface area contributed by atoms with Crippen molar-refractivity contribution in [3.63, 3.8) is 0 Å². The van der Waals surface area contributed by atoms with Crippen LogP contribution >= 0.6 is 11.6 Å². The Bertz CT molecular complexity index is 469. The summed E-state index contributed by atoms with van der Waals surface area (Å²) in [5.74, 6) is -0.584. The molecule has 0 saturated carbocycles. The number of halogens is 2. The first-order valence-corrected chi connectivity index (χ1v) is 6.67. The number of rotatable bonds is 4. The summed E-state index contributed by atoms with van der Waals surface area (Å²) in [7, 11) is 0. The standard InChI is InChI=1S/C13H17ClFN3O/c14-11-6-9(15)3-4-12(11)17-13(19)8-18-5-1-2-10(18)7-16/h3-4,6,10H,1-2,5,7-8,16H2,(H,17,19). The lowest BCUT2D eigenvalue weighted by Crippen LogP contribution is -2.40. The third kappa shape index (κ3) is 3.65. The van der Waals surface area contributed by atoms with Crippen molar-refractivity contribution in [2.24, 2.45) is 5.73 Å². The van der Waals surface area contributed by atoms with Crippen LogP contribution in [0.4, 0.5) is 10.1 Å². The molecule has 1 amide bonds. The highest BCUT2D eigenvalue weighted by Crippen LogP contribution is 2.22. The summed E-state index contributed by atoms with van der Waals surface area (Å²) in [5.41, 5.74) is 6.08. The smallest absolute Gasteiger partial charge is 0.238 e. The van der Waals surface area contributed by atoms with Crippen molar-refractivity contribution < 1.29 is 9.18 Å². The minimum Gasteiger partial charge on any atom is -0.329 e. The van der Waals surface area contributed by atoms with Gasteiger partial charge in [0.15, 0.2) is 0 Å². The average Bonchev–Trinajstić information content (AvgIpc) is 2.80. The third-order valence-corrected chi connectivity index (χ3v) is 3.64. The Morgan fingerprint density at radius 1 is 1.58 bits per heavy atom. The number of hydrogen-bond donors (Lipinski definition) is 2. The van der Waals surface area contributed by atoms with Crippen molar-refractivity contribution in [3.05, 3.63) is 29.0 Å². The summed E-state index contributed by atoms with van der Waals surface area (Å²) in [6.07, 6.45) is 2.09. The summed E-state index contributed by atoms with van der Waals surface area (Å²) in [5, 5.41) is 2.89. The molecule has 19 heavy (non-hydrogen) atoms. The van der Waals surface area contributed by atoms with E-state index in [2.05, 4.69) is 10.2 Å². The van der Waals surface area contributed by atoms with E-state index in [0.29, 0.717) is 12.2 Å². The second-order valence-corrected chi connectivity index (χ2v) is 5.08. The van der Waals surface area contributed by atoms with Gasteiger partial charge in [0, 0.05) is 12.6 Å². The van der Waals surface area contributed by atoms with Crippen LogP contribution in [0, 0.1) is 5.82 Å². The molecule has 0 spiro atoms. The van der Waals surface area contributed by atoms with E-state index in [1.807, 2.05) is 0 Å². The number of nitrogens with zero attached hydrogens (tertiary/aromatic N) is 1. The Hall–Kier alpha value is -1.17. The van der Waals surface area contributed by atoms with Crippen LogP contribution < -0.4 is 11.1 Å². The normalized spacial score (nSPS) is 19.6. The van der Waals surface area contributed by atoms with Crippen molar-refractivity contribution in [1.82, 2.24) is 4.90 Å². The topological polar surface area (TPSA) is 58.4 Å². The lowest BCUT2D eigenvalue weighted by Gasteiger charge is -2.22. The van der Waals surface area contributed by atoms with Crippen molar-refractivity contribution in [3.8, 4) is 0 Å². The zero-order valence-corrected chi connectivity index (χ0v) is 11.3. The molecule has 104 valence electrons. The molecule has 1 aliphatic rings. The zero-order valence-electron chi connectivity index (χ0n) is 10.5. The summed E-state index contributed by atoms with van der Waals surface area (Å²) in [6, 6.07) is 4.17. The van der Waals surface area contributed by atoms with Crippen LogP contribution in [-0.4, -0.2) is 36.5 Å². The van der Waals surface area contributed by atoms with Gasteiger partial charge in [0.05, 0.1) is 17.3 Å². The number of nitrogens with two attached hydrogens (primary N) is 1. The molecular weight excluding hydrogens is 269 g/mol. The molecular formula is C13H17ClFN3O. The molecule has 1 fully saturated rings. The van der Waals surface area contributed by atoms with Gasteiger partial charge in [-0.3, -0.25) is 9.69 Å². The molecule has 0 aromatic heterocycles. The summed E-state index contributed by atoms with van der Waals surface area (Å²) >= 11 is 5.86. The molecule has 3 N–H and O–H groups in total. The fraction of sp³-hybridized carbons (Fsp3) is 0.462. The minimum absolute atomic E-state index is 0.158. The summed E-state index contributed by atoms with van der Waals surface area (Å²) in [6.45, 7) is 1.73. The van der Waals surface area contributed by atoms with Crippen molar-refractivity contribution in [2.45, 2.75) is 18.9 Å². The number of carbonyl (C=O) groups is 1. The third-order valence-electron chi connectivity index (χ3n) is 3.32. The fourth-order valence-corrected chi connectivity index (χ4v) is 2.55.